The van der Waals surface area contributed by atoms with Crippen molar-refractivity contribution in [2.45, 2.75) is 25.5 Å². The average Bonchev–Trinajstić information content (AvgIpc) is 2.47. The van der Waals surface area contributed by atoms with E-state index < -0.39 is 11.5 Å². The van der Waals surface area contributed by atoms with Crippen LogP contribution in [0.25, 0.3) is 0 Å². The molecule has 3 N–H and O–H groups in total. The third-order valence-electron chi connectivity index (χ3n) is 3.23. The van der Waals surface area contributed by atoms with E-state index >= 15 is 0 Å². The largest absolute Gasteiger partial charge is 0.489 e. The van der Waals surface area contributed by atoms with E-state index in [1.807, 2.05) is 54.6 Å². The number of benzene rings is 2. The highest BCUT2D eigenvalue weighted by Gasteiger charge is 2.27. The molecule has 21 heavy (non-hydrogen) atoms. The molecule has 0 heterocycles. The summed E-state index contributed by atoms with van der Waals surface area (Å²) < 4.78 is 5.68. The summed E-state index contributed by atoms with van der Waals surface area (Å²) in [5.74, 6) is -0.261. The van der Waals surface area contributed by atoms with Crippen molar-refractivity contribution in [3.63, 3.8) is 0 Å². The van der Waals surface area contributed by atoms with Crippen LogP contribution in [0.2, 0.25) is 0 Å². The Morgan fingerprint density at radius 3 is 2.29 bits per heavy atom. The van der Waals surface area contributed by atoms with Crippen molar-refractivity contribution < 1.29 is 14.6 Å². The Labute approximate surface area is 124 Å². The number of carbonyl (C=O) groups is 1. The fourth-order valence-corrected chi connectivity index (χ4v) is 1.94. The number of hydrogen-bond donors (Lipinski definition) is 2. The standard InChI is InChI=1S/C17H19NO3/c1-17(18,16(19)20)11-13-7-9-15(10-8-13)21-12-14-5-3-2-4-6-14/h2-10H,11-12,18H2,1H3,(H,19,20)/t17-/m1/s1. The van der Waals surface area contributed by atoms with Gasteiger partial charge in [0.05, 0.1) is 0 Å². The van der Waals surface area contributed by atoms with E-state index in [0.717, 1.165) is 16.9 Å². The Morgan fingerprint density at radius 2 is 1.71 bits per heavy atom. The lowest BCUT2D eigenvalue weighted by Crippen LogP contribution is -2.46. The summed E-state index contributed by atoms with van der Waals surface area (Å²) in [4.78, 5) is 11.0. The van der Waals surface area contributed by atoms with Gasteiger partial charge in [-0.2, -0.15) is 0 Å². The number of hydrogen-bond acceptors (Lipinski definition) is 3. The smallest absolute Gasteiger partial charge is 0.323 e. The lowest BCUT2D eigenvalue weighted by atomic mass is 9.94. The van der Waals surface area contributed by atoms with Crippen LogP contribution in [-0.4, -0.2) is 16.6 Å². The van der Waals surface area contributed by atoms with Gasteiger partial charge in [0.2, 0.25) is 0 Å². The first-order chi connectivity index (χ1) is 9.97. The Morgan fingerprint density at radius 1 is 1.10 bits per heavy atom. The van der Waals surface area contributed by atoms with Gasteiger partial charge in [0.15, 0.2) is 0 Å². The first kappa shape index (κ1) is 15.1. The van der Waals surface area contributed by atoms with Crippen molar-refractivity contribution in [1.82, 2.24) is 0 Å². The number of rotatable bonds is 6. The molecule has 0 amide bonds. The molecule has 2 aromatic rings. The van der Waals surface area contributed by atoms with Crippen molar-refractivity contribution in [3.8, 4) is 5.75 Å². The van der Waals surface area contributed by atoms with Crippen LogP contribution >= 0.6 is 0 Å². The lowest BCUT2D eigenvalue weighted by molar-refractivity contribution is -0.142. The highest BCUT2D eigenvalue weighted by Crippen LogP contribution is 2.17. The molecule has 2 rings (SSSR count). The first-order valence-corrected chi connectivity index (χ1v) is 6.75. The van der Waals surface area contributed by atoms with E-state index in [1.165, 1.54) is 6.92 Å². The number of carboxylic acids is 1. The molecule has 0 aliphatic rings. The summed E-state index contributed by atoms with van der Waals surface area (Å²) >= 11 is 0. The third-order valence-corrected chi connectivity index (χ3v) is 3.23. The minimum Gasteiger partial charge on any atom is -0.489 e. The number of carboxylic acid groups (broad SMARTS) is 1. The maximum Gasteiger partial charge on any atom is 0.323 e. The molecule has 0 saturated heterocycles. The van der Waals surface area contributed by atoms with Crippen molar-refractivity contribution in [3.05, 3.63) is 65.7 Å². The summed E-state index contributed by atoms with van der Waals surface area (Å²) in [5.41, 5.74) is 6.44. The normalized spacial score (nSPS) is 13.4. The molecule has 0 aliphatic heterocycles. The average molecular weight is 285 g/mol. The van der Waals surface area contributed by atoms with Gasteiger partial charge in [0.1, 0.15) is 17.9 Å². The van der Waals surface area contributed by atoms with Gasteiger partial charge in [-0.3, -0.25) is 4.79 Å². The van der Waals surface area contributed by atoms with Crippen LogP contribution in [-0.2, 0) is 17.8 Å². The van der Waals surface area contributed by atoms with Gasteiger partial charge in [-0.25, -0.2) is 0 Å². The van der Waals surface area contributed by atoms with Crippen LogP contribution in [0.5, 0.6) is 5.75 Å². The van der Waals surface area contributed by atoms with E-state index in [2.05, 4.69) is 0 Å². The Hall–Kier alpha value is -2.33. The highest BCUT2D eigenvalue weighted by molar-refractivity contribution is 5.78. The zero-order valence-electron chi connectivity index (χ0n) is 12.0. The third kappa shape index (κ3) is 4.33. The summed E-state index contributed by atoms with van der Waals surface area (Å²) in [6, 6.07) is 17.2. The monoisotopic (exact) mass is 285 g/mol. The molecular formula is C17H19NO3. The number of ether oxygens (including phenoxy) is 1. The molecule has 2 aromatic carbocycles. The molecule has 0 spiro atoms. The number of nitrogens with two attached hydrogens (primary N) is 1. The van der Waals surface area contributed by atoms with Gasteiger partial charge < -0.3 is 15.6 Å². The van der Waals surface area contributed by atoms with Crippen LogP contribution < -0.4 is 10.5 Å². The van der Waals surface area contributed by atoms with E-state index in [1.54, 1.807) is 0 Å². The quantitative estimate of drug-likeness (QED) is 0.855. The molecular weight excluding hydrogens is 266 g/mol. The highest BCUT2D eigenvalue weighted by atomic mass is 16.5. The minimum absolute atomic E-state index is 0.279. The zero-order chi connectivity index (χ0) is 15.3. The van der Waals surface area contributed by atoms with Crippen molar-refractivity contribution in [2.24, 2.45) is 5.73 Å². The van der Waals surface area contributed by atoms with Gasteiger partial charge in [0, 0.05) is 6.42 Å². The summed E-state index contributed by atoms with van der Waals surface area (Å²) in [7, 11) is 0. The molecule has 4 heteroatoms. The molecule has 0 fully saturated rings. The van der Waals surface area contributed by atoms with Gasteiger partial charge >= 0.3 is 5.97 Å². The maximum atomic E-state index is 11.0. The predicted molar refractivity (Wildman–Crippen MR) is 81.1 cm³/mol. The van der Waals surface area contributed by atoms with Crippen LogP contribution in [0.3, 0.4) is 0 Å². The second-order valence-electron chi connectivity index (χ2n) is 5.32. The molecule has 4 nitrogen and oxygen atoms in total. The molecule has 0 aromatic heterocycles. The van der Waals surface area contributed by atoms with Crippen LogP contribution in [0.4, 0.5) is 0 Å². The lowest BCUT2D eigenvalue weighted by Gasteiger charge is -2.19. The maximum absolute atomic E-state index is 11.0. The fourth-order valence-electron chi connectivity index (χ4n) is 1.94. The number of aliphatic carboxylic acids is 1. The topological polar surface area (TPSA) is 72.5 Å². The second-order valence-corrected chi connectivity index (χ2v) is 5.32. The Balaban J connectivity index is 1.95. The van der Waals surface area contributed by atoms with Gasteiger partial charge in [-0.05, 0) is 30.2 Å². The first-order valence-electron chi connectivity index (χ1n) is 6.75. The predicted octanol–water partition coefficient (Wildman–Crippen LogP) is 2.61. The summed E-state index contributed by atoms with van der Waals surface area (Å²) in [6.07, 6.45) is 0.279. The van der Waals surface area contributed by atoms with Crippen molar-refractivity contribution >= 4 is 5.97 Å². The van der Waals surface area contributed by atoms with Crippen LogP contribution in [0, 0.1) is 0 Å². The van der Waals surface area contributed by atoms with Gasteiger partial charge in [-0.15, -0.1) is 0 Å². The zero-order valence-corrected chi connectivity index (χ0v) is 12.0. The fraction of sp³-hybridized carbons (Fsp3) is 0.235. The van der Waals surface area contributed by atoms with Gasteiger partial charge in [-0.1, -0.05) is 42.5 Å². The van der Waals surface area contributed by atoms with Crippen LogP contribution in [0.1, 0.15) is 18.1 Å². The molecule has 0 saturated carbocycles. The SMILES string of the molecule is C[C@@](N)(Cc1ccc(OCc2ccccc2)cc1)C(=O)O. The van der Waals surface area contributed by atoms with E-state index in [-0.39, 0.29) is 6.42 Å². The molecule has 0 unspecified atom stereocenters. The summed E-state index contributed by atoms with van der Waals surface area (Å²) in [5, 5.41) is 9.02. The molecule has 0 aliphatic carbocycles. The van der Waals surface area contributed by atoms with E-state index in [0.29, 0.717) is 6.61 Å². The molecule has 0 radical (unpaired) electrons. The molecule has 110 valence electrons. The summed E-state index contributed by atoms with van der Waals surface area (Å²) in [6.45, 7) is 2.01. The van der Waals surface area contributed by atoms with E-state index in [4.69, 9.17) is 15.6 Å². The van der Waals surface area contributed by atoms with Gasteiger partial charge in [0.25, 0.3) is 0 Å². The Bertz CT molecular complexity index is 591. The van der Waals surface area contributed by atoms with E-state index in [9.17, 15) is 4.79 Å². The second kappa shape index (κ2) is 6.41. The Kier molecular flexibility index (Phi) is 4.60. The van der Waals surface area contributed by atoms with Crippen molar-refractivity contribution in [1.29, 1.82) is 0 Å². The van der Waals surface area contributed by atoms with Crippen molar-refractivity contribution in [2.75, 3.05) is 0 Å². The molecule has 1 atom stereocenters. The molecule has 0 bridgehead atoms. The van der Waals surface area contributed by atoms with Crippen LogP contribution in [0.15, 0.2) is 54.6 Å². The minimum atomic E-state index is -1.26.